The Morgan fingerprint density at radius 1 is 0.359 bits per heavy atom. The average molecular weight is 891 g/mol. The van der Waals surface area contributed by atoms with Crippen LogP contribution in [0.1, 0.15) is 252 Å². The summed E-state index contributed by atoms with van der Waals surface area (Å²) in [5, 5.41) is 0. The van der Waals surface area contributed by atoms with Gasteiger partial charge in [0.2, 0.25) is 0 Å². The molecule has 0 rings (SSSR count). The number of carbonyl (C=O) groups excluding carboxylic acids is 2. The summed E-state index contributed by atoms with van der Waals surface area (Å²) >= 11 is 0. The summed E-state index contributed by atoms with van der Waals surface area (Å²) in [4.78, 5) is 25.4. The lowest BCUT2D eigenvalue weighted by molar-refractivity contribution is -0.163. The van der Waals surface area contributed by atoms with Gasteiger partial charge in [-0.2, -0.15) is 0 Å². The number of carbonyl (C=O) groups is 2. The molecule has 0 aromatic heterocycles. The van der Waals surface area contributed by atoms with Gasteiger partial charge in [-0.15, -0.1) is 0 Å². The van der Waals surface area contributed by atoms with E-state index in [0.717, 1.165) is 103 Å². The van der Waals surface area contributed by atoms with Crippen LogP contribution in [-0.4, -0.2) is 37.9 Å². The van der Waals surface area contributed by atoms with Gasteiger partial charge >= 0.3 is 11.9 Å². The van der Waals surface area contributed by atoms with Crippen molar-refractivity contribution in [2.75, 3.05) is 19.8 Å². The van der Waals surface area contributed by atoms with Crippen molar-refractivity contribution in [2.24, 2.45) is 0 Å². The molecule has 0 aromatic carbocycles. The molecule has 0 aromatic rings. The molecular weight excluding hydrogens is 789 g/mol. The molecule has 0 radical (unpaired) electrons. The van der Waals surface area contributed by atoms with E-state index in [2.05, 4.69) is 106 Å². The van der Waals surface area contributed by atoms with Crippen LogP contribution in [0.4, 0.5) is 0 Å². The van der Waals surface area contributed by atoms with Crippen LogP contribution in [0.25, 0.3) is 0 Å². The predicted octanol–water partition coefficient (Wildman–Crippen LogP) is 18.5. The summed E-state index contributed by atoms with van der Waals surface area (Å²) in [7, 11) is 0. The first-order valence-electron chi connectivity index (χ1n) is 27.1. The first kappa shape index (κ1) is 61.1. The highest BCUT2D eigenvalue weighted by Crippen LogP contribution is 2.14. The van der Waals surface area contributed by atoms with E-state index >= 15 is 0 Å². The number of ether oxygens (including phenoxy) is 3. The van der Waals surface area contributed by atoms with Gasteiger partial charge in [-0.05, 0) is 109 Å². The van der Waals surface area contributed by atoms with E-state index in [0.29, 0.717) is 19.4 Å². The highest BCUT2D eigenvalue weighted by molar-refractivity contribution is 5.70. The van der Waals surface area contributed by atoms with Crippen molar-refractivity contribution in [3.05, 3.63) is 85.1 Å². The highest BCUT2D eigenvalue weighted by atomic mass is 16.6. The van der Waals surface area contributed by atoms with Gasteiger partial charge < -0.3 is 14.2 Å². The van der Waals surface area contributed by atoms with E-state index < -0.39 is 6.10 Å². The van der Waals surface area contributed by atoms with Gasteiger partial charge in [0.15, 0.2) is 6.10 Å². The molecule has 368 valence electrons. The van der Waals surface area contributed by atoms with Crippen molar-refractivity contribution in [2.45, 2.75) is 258 Å². The second-order valence-corrected chi connectivity index (χ2v) is 17.7. The van der Waals surface area contributed by atoms with Crippen LogP contribution in [0.15, 0.2) is 85.1 Å². The van der Waals surface area contributed by atoms with Gasteiger partial charge in [-0.25, -0.2) is 0 Å². The minimum absolute atomic E-state index is 0.0689. The van der Waals surface area contributed by atoms with Crippen LogP contribution in [0.3, 0.4) is 0 Å². The minimum Gasteiger partial charge on any atom is -0.462 e. The molecule has 1 unspecified atom stereocenters. The SMILES string of the molecule is CC/C=C\C/C=C\C/C=C\CCCCCCCCCC(=O)OCC(COCCCCCCCCCC/C=C\C/C=C\CCCCC)OC(=O)CCCCCCC/C=C\C/C=C\CCC. The predicted molar refractivity (Wildman–Crippen MR) is 279 cm³/mol. The molecule has 0 aliphatic carbocycles. The third-order valence-electron chi connectivity index (χ3n) is 11.4. The smallest absolute Gasteiger partial charge is 0.306 e. The van der Waals surface area contributed by atoms with Crippen LogP contribution in [0, 0.1) is 0 Å². The van der Waals surface area contributed by atoms with E-state index in [-0.39, 0.29) is 25.2 Å². The number of allylic oxidation sites excluding steroid dienone is 14. The zero-order chi connectivity index (χ0) is 46.3. The van der Waals surface area contributed by atoms with Crippen LogP contribution in [0.5, 0.6) is 0 Å². The molecule has 0 N–H and O–H groups in total. The van der Waals surface area contributed by atoms with Crippen molar-refractivity contribution >= 4 is 11.9 Å². The van der Waals surface area contributed by atoms with Crippen LogP contribution in [0.2, 0.25) is 0 Å². The number of hydrogen-bond acceptors (Lipinski definition) is 5. The normalized spacial score (nSPS) is 12.9. The molecule has 0 bridgehead atoms. The second-order valence-electron chi connectivity index (χ2n) is 17.7. The molecule has 0 amide bonds. The van der Waals surface area contributed by atoms with Gasteiger partial charge in [0.25, 0.3) is 0 Å². The molecule has 0 aliphatic rings. The first-order valence-corrected chi connectivity index (χ1v) is 27.1. The summed E-state index contributed by atoms with van der Waals surface area (Å²) in [5.41, 5.74) is 0. The summed E-state index contributed by atoms with van der Waals surface area (Å²) in [6.45, 7) is 7.60. The van der Waals surface area contributed by atoms with E-state index in [4.69, 9.17) is 14.2 Å². The fourth-order valence-electron chi connectivity index (χ4n) is 7.36. The summed E-state index contributed by atoms with van der Waals surface area (Å²) in [5.74, 6) is -0.426. The van der Waals surface area contributed by atoms with E-state index in [9.17, 15) is 9.59 Å². The Hall–Kier alpha value is -2.92. The Bertz CT molecular complexity index is 1190. The maximum absolute atomic E-state index is 12.8. The Labute approximate surface area is 397 Å². The average Bonchev–Trinajstić information content (AvgIpc) is 3.30. The zero-order valence-electron chi connectivity index (χ0n) is 42.3. The van der Waals surface area contributed by atoms with Gasteiger partial charge in [0.05, 0.1) is 6.61 Å². The van der Waals surface area contributed by atoms with E-state index in [1.807, 2.05) is 0 Å². The van der Waals surface area contributed by atoms with Gasteiger partial charge in [-0.3, -0.25) is 9.59 Å². The molecule has 0 aliphatic heterocycles. The quantitative estimate of drug-likeness (QED) is 0.0346. The van der Waals surface area contributed by atoms with Gasteiger partial charge in [0.1, 0.15) is 6.61 Å². The highest BCUT2D eigenvalue weighted by Gasteiger charge is 2.17. The van der Waals surface area contributed by atoms with Crippen molar-refractivity contribution < 1.29 is 23.8 Å². The lowest BCUT2D eigenvalue weighted by Gasteiger charge is -2.18. The Morgan fingerprint density at radius 3 is 1.19 bits per heavy atom. The third kappa shape index (κ3) is 51.7. The summed E-state index contributed by atoms with van der Waals surface area (Å²) in [6, 6.07) is 0. The molecule has 5 nitrogen and oxygen atoms in total. The largest absolute Gasteiger partial charge is 0.462 e. The minimum atomic E-state index is -0.554. The van der Waals surface area contributed by atoms with Gasteiger partial charge in [-0.1, -0.05) is 215 Å². The van der Waals surface area contributed by atoms with Crippen LogP contribution < -0.4 is 0 Å². The van der Waals surface area contributed by atoms with Crippen LogP contribution in [-0.2, 0) is 23.8 Å². The molecule has 64 heavy (non-hydrogen) atoms. The topological polar surface area (TPSA) is 61.8 Å². The molecular formula is C59H102O5. The van der Waals surface area contributed by atoms with Crippen molar-refractivity contribution in [3.8, 4) is 0 Å². The van der Waals surface area contributed by atoms with Crippen LogP contribution >= 0.6 is 0 Å². The van der Waals surface area contributed by atoms with Crippen molar-refractivity contribution in [1.29, 1.82) is 0 Å². The number of hydrogen-bond donors (Lipinski definition) is 0. The first-order chi connectivity index (χ1) is 31.6. The molecule has 1 atom stereocenters. The lowest BCUT2D eigenvalue weighted by Crippen LogP contribution is -2.30. The zero-order valence-corrected chi connectivity index (χ0v) is 42.3. The third-order valence-corrected chi connectivity index (χ3v) is 11.4. The van der Waals surface area contributed by atoms with Crippen molar-refractivity contribution in [1.82, 2.24) is 0 Å². The number of esters is 2. The standard InChI is InChI=1S/C59H102O5/c1-4-7-10-13-16-19-22-25-27-29-31-33-36-39-42-45-48-51-54-62-55-57(64-59(61)53-50-47-44-41-38-34-24-21-18-15-12-9-6-3)56-63-58(60)52-49-46-43-40-37-35-32-30-28-26-23-20-17-14-11-8-5-2/h8,11-12,15-17,19-21,24-28,57H,4-7,9-10,13-14,18,22-23,29-56H2,1-3H3/b11-8-,15-12-,19-16-,20-17-,24-21-,27-25-,28-26-. The van der Waals surface area contributed by atoms with E-state index in [1.54, 1.807) is 0 Å². The second kappa shape index (κ2) is 54.4. The van der Waals surface area contributed by atoms with E-state index in [1.165, 1.54) is 116 Å². The monoisotopic (exact) mass is 891 g/mol. The summed E-state index contributed by atoms with van der Waals surface area (Å²) in [6.07, 6.45) is 71.6. The fourth-order valence-corrected chi connectivity index (χ4v) is 7.36. The summed E-state index contributed by atoms with van der Waals surface area (Å²) < 4.78 is 17.4. The number of unbranched alkanes of at least 4 members (excludes halogenated alkanes) is 24. The molecule has 0 saturated heterocycles. The molecule has 0 spiro atoms. The fraction of sp³-hybridized carbons (Fsp3) is 0.729. The lowest BCUT2D eigenvalue weighted by atomic mass is 10.1. The number of rotatable bonds is 49. The maximum Gasteiger partial charge on any atom is 0.306 e. The van der Waals surface area contributed by atoms with Crippen molar-refractivity contribution in [3.63, 3.8) is 0 Å². The Morgan fingerprint density at radius 2 is 0.734 bits per heavy atom. The molecule has 5 heteroatoms. The molecule has 0 heterocycles. The Kier molecular flexibility index (Phi) is 51.9. The molecule has 0 fully saturated rings. The van der Waals surface area contributed by atoms with Gasteiger partial charge in [0, 0.05) is 19.4 Å². The Balaban J connectivity index is 4.30. The maximum atomic E-state index is 12.8. The molecule has 0 saturated carbocycles.